The molecule has 2 aliphatic rings. The Hall–Kier alpha value is -0.800. The minimum atomic E-state index is 0.200. The van der Waals surface area contributed by atoms with E-state index in [1.807, 2.05) is 11.0 Å². The fraction of sp³-hybridized carbons (Fsp3) is 0.500. The summed E-state index contributed by atoms with van der Waals surface area (Å²) < 4.78 is 0.842. The summed E-state index contributed by atoms with van der Waals surface area (Å²) in [6.07, 6.45) is 8.23. The maximum absolute atomic E-state index is 12.4. The maximum Gasteiger partial charge on any atom is 0.226 e. The van der Waals surface area contributed by atoms with Gasteiger partial charge in [0.15, 0.2) is 0 Å². The maximum atomic E-state index is 12.4. The summed E-state index contributed by atoms with van der Waals surface area (Å²) in [4.78, 5) is 15.8. The van der Waals surface area contributed by atoms with Crippen molar-refractivity contribution in [1.82, 2.24) is 4.90 Å². The zero-order chi connectivity index (χ0) is 12.5. The summed E-state index contributed by atoms with van der Waals surface area (Å²) in [6.45, 7) is 1.60. The van der Waals surface area contributed by atoms with Crippen molar-refractivity contribution in [2.24, 2.45) is 5.92 Å². The van der Waals surface area contributed by atoms with Gasteiger partial charge in [0.1, 0.15) is 0 Å². The van der Waals surface area contributed by atoms with Gasteiger partial charge in [-0.1, -0.05) is 23.8 Å². The first-order chi connectivity index (χ1) is 8.74. The third-order valence-electron chi connectivity index (χ3n) is 3.77. The van der Waals surface area contributed by atoms with Crippen molar-refractivity contribution in [2.75, 3.05) is 6.54 Å². The highest BCUT2D eigenvalue weighted by atomic mass is 35.5. The van der Waals surface area contributed by atoms with Gasteiger partial charge in [-0.05, 0) is 37.3 Å². The van der Waals surface area contributed by atoms with Gasteiger partial charge in [0.05, 0.1) is 4.34 Å². The van der Waals surface area contributed by atoms with E-state index in [4.69, 9.17) is 11.6 Å². The molecule has 2 heterocycles. The molecule has 96 valence electrons. The second kappa shape index (κ2) is 5.06. The van der Waals surface area contributed by atoms with Crippen molar-refractivity contribution in [3.8, 4) is 0 Å². The van der Waals surface area contributed by atoms with Crippen LogP contribution in [0.1, 0.15) is 29.7 Å². The lowest BCUT2D eigenvalue weighted by Crippen LogP contribution is -2.39. The normalized spacial score (nSPS) is 22.9. The van der Waals surface area contributed by atoms with Gasteiger partial charge in [-0.25, -0.2) is 0 Å². The highest BCUT2D eigenvalue weighted by molar-refractivity contribution is 7.16. The largest absolute Gasteiger partial charge is 0.338 e. The third kappa shape index (κ3) is 2.34. The Kier molecular flexibility index (Phi) is 3.44. The number of hydrogen-bond acceptors (Lipinski definition) is 2. The molecule has 0 saturated carbocycles. The van der Waals surface area contributed by atoms with Crippen LogP contribution in [0.25, 0.3) is 0 Å². The molecule has 0 radical (unpaired) electrons. The highest BCUT2D eigenvalue weighted by Gasteiger charge is 2.28. The van der Waals surface area contributed by atoms with E-state index in [1.54, 1.807) is 11.3 Å². The summed E-state index contributed by atoms with van der Waals surface area (Å²) in [7, 11) is 0. The molecule has 1 aliphatic heterocycles. The van der Waals surface area contributed by atoms with Gasteiger partial charge in [0.2, 0.25) is 5.91 Å². The predicted molar refractivity (Wildman–Crippen MR) is 74.9 cm³/mol. The zero-order valence-electron chi connectivity index (χ0n) is 10.2. The molecule has 18 heavy (non-hydrogen) atoms. The van der Waals surface area contributed by atoms with Crippen molar-refractivity contribution >= 4 is 28.8 Å². The van der Waals surface area contributed by atoms with Crippen LogP contribution in [-0.2, 0) is 17.8 Å². The van der Waals surface area contributed by atoms with Crippen LogP contribution < -0.4 is 0 Å². The first kappa shape index (κ1) is 12.2. The SMILES string of the molecule is O=C(C1CC=CCC1)N1CCc2sc(Cl)cc2C1. The number of halogens is 1. The molecule has 0 fully saturated rings. The Labute approximate surface area is 116 Å². The van der Waals surface area contributed by atoms with Crippen molar-refractivity contribution in [3.63, 3.8) is 0 Å². The molecule has 0 N–H and O–H groups in total. The predicted octanol–water partition coefficient (Wildman–Crippen LogP) is 3.64. The number of amides is 1. The van der Waals surface area contributed by atoms with E-state index in [-0.39, 0.29) is 5.92 Å². The molecule has 0 aromatic carbocycles. The molecule has 3 rings (SSSR count). The Morgan fingerprint density at radius 2 is 2.33 bits per heavy atom. The monoisotopic (exact) mass is 281 g/mol. The van der Waals surface area contributed by atoms with Gasteiger partial charge in [-0.3, -0.25) is 4.79 Å². The lowest BCUT2D eigenvalue weighted by molar-refractivity contribution is -0.136. The smallest absolute Gasteiger partial charge is 0.226 e. The molecule has 1 amide bonds. The van der Waals surface area contributed by atoms with Gasteiger partial charge in [0, 0.05) is 23.9 Å². The number of rotatable bonds is 1. The number of thiophene rings is 1. The second-order valence-electron chi connectivity index (χ2n) is 4.99. The minimum absolute atomic E-state index is 0.200. The summed E-state index contributed by atoms with van der Waals surface area (Å²) in [5.41, 5.74) is 1.25. The zero-order valence-corrected chi connectivity index (χ0v) is 11.8. The van der Waals surface area contributed by atoms with Crippen molar-refractivity contribution in [2.45, 2.75) is 32.2 Å². The highest BCUT2D eigenvalue weighted by Crippen LogP contribution is 2.32. The van der Waals surface area contributed by atoms with Gasteiger partial charge >= 0.3 is 0 Å². The van der Waals surface area contributed by atoms with Crippen LogP contribution in [0.2, 0.25) is 4.34 Å². The lowest BCUT2D eigenvalue weighted by Gasteiger charge is -2.31. The average Bonchev–Trinajstić information content (AvgIpc) is 2.78. The summed E-state index contributed by atoms with van der Waals surface area (Å²) in [6, 6.07) is 2.02. The molecular formula is C14H16ClNOS. The Balaban J connectivity index is 1.71. The minimum Gasteiger partial charge on any atom is -0.338 e. The van der Waals surface area contributed by atoms with Crippen LogP contribution in [0.15, 0.2) is 18.2 Å². The number of nitrogens with zero attached hydrogens (tertiary/aromatic N) is 1. The van der Waals surface area contributed by atoms with E-state index in [0.29, 0.717) is 5.91 Å². The number of allylic oxidation sites excluding steroid dienone is 2. The number of carbonyl (C=O) groups excluding carboxylic acids is 1. The van der Waals surface area contributed by atoms with Crippen molar-refractivity contribution in [3.05, 3.63) is 33.0 Å². The molecule has 1 aliphatic carbocycles. The molecule has 1 aromatic heterocycles. The fourth-order valence-corrected chi connectivity index (χ4v) is 4.06. The molecule has 1 atom stereocenters. The van der Waals surface area contributed by atoms with E-state index in [2.05, 4.69) is 12.2 Å². The Morgan fingerprint density at radius 1 is 1.44 bits per heavy atom. The summed E-state index contributed by atoms with van der Waals surface area (Å²) in [5, 5.41) is 0. The van der Waals surface area contributed by atoms with E-state index >= 15 is 0 Å². The van der Waals surface area contributed by atoms with Crippen LogP contribution >= 0.6 is 22.9 Å². The molecule has 1 aromatic rings. The lowest BCUT2D eigenvalue weighted by atomic mass is 9.92. The summed E-state index contributed by atoms with van der Waals surface area (Å²) in [5.74, 6) is 0.526. The third-order valence-corrected chi connectivity index (χ3v) is 5.13. The molecule has 1 unspecified atom stereocenters. The van der Waals surface area contributed by atoms with E-state index in [0.717, 1.165) is 43.1 Å². The number of hydrogen-bond donors (Lipinski definition) is 0. The quantitative estimate of drug-likeness (QED) is 0.720. The number of fused-ring (bicyclic) bond motifs is 1. The van der Waals surface area contributed by atoms with Crippen molar-refractivity contribution in [1.29, 1.82) is 0 Å². The molecule has 2 nitrogen and oxygen atoms in total. The van der Waals surface area contributed by atoms with Crippen LogP contribution in [0.5, 0.6) is 0 Å². The molecule has 4 heteroatoms. The van der Waals surface area contributed by atoms with Crippen molar-refractivity contribution < 1.29 is 4.79 Å². The topological polar surface area (TPSA) is 20.3 Å². The van der Waals surface area contributed by atoms with Crippen LogP contribution in [0.4, 0.5) is 0 Å². The first-order valence-electron chi connectivity index (χ1n) is 6.45. The molecular weight excluding hydrogens is 266 g/mol. The number of carbonyl (C=O) groups is 1. The van der Waals surface area contributed by atoms with Crippen LogP contribution in [0.3, 0.4) is 0 Å². The van der Waals surface area contributed by atoms with Gasteiger partial charge in [-0.2, -0.15) is 0 Å². The van der Waals surface area contributed by atoms with E-state index < -0.39 is 0 Å². The van der Waals surface area contributed by atoms with Gasteiger partial charge in [-0.15, -0.1) is 11.3 Å². The van der Waals surface area contributed by atoms with Gasteiger partial charge < -0.3 is 4.90 Å². The molecule has 0 saturated heterocycles. The average molecular weight is 282 g/mol. The first-order valence-corrected chi connectivity index (χ1v) is 7.64. The molecule has 0 spiro atoms. The van der Waals surface area contributed by atoms with Crippen LogP contribution in [0, 0.1) is 5.92 Å². The fourth-order valence-electron chi connectivity index (χ4n) is 2.76. The Bertz CT molecular complexity index is 494. The Morgan fingerprint density at radius 3 is 3.11 bits per heavy atom. The van der Waals surface area contributed by atoms with E-state index in [9.17, 15) is 4.79 Å². The summed E-state index contributed by atoms with van der Waals surface area (Å²) >= 11 is 7.69. The standard InChI is InChI=1S/C14H16ClNOS/c15-13-8-11-9-16(7-6-12(11)18-13)14(17)10-4-2-1-3-5-10/h1-2,8,10H,3-7,9H2. The van der Waals surface area contributed by atoms with Gasteiger partial charge in [0.25, 0.3) is 0 Å². The molecule has 0 bridgehead atoms. The van der Waals surface area contributed by atoms with Crippen LogP contribution in [-0.4, -0.2) is 17.4 Å². The second-order valence-corrected chi connectivity index (χ2v) is 6.76. The van der Waals surface area contributed by atoms with E-state index in [1.165, 1.54) is 10.4 Å².